The number of rotatable bonds is 4. The maximum atomic E-state index is 5.51. The van der Waals surface area contributed by atoms with Crippen LogP contribution in [0.25, 0.3) is 5.69 Å². The molecule has 0 fully saturated rings. The van der Waals surface area contributed by atoms with Gasteiger partial charge in [-0.25, -0.2) is 4.68 Å². The van der Waals surface area contributed by atoms with Crippen LogP contribution in [0.4, 0.5) is 0 Å². The summed E-state index contributed by atoms with van der Waals surface area (Å²) in [5.41, 5.74) is 9.00. The van der Waals surface area contributed by atoms with Crippen molar-refractivity contribution in [3.63, 3.8) is 0 Å². The highest BCUT2D eigenvalue weighted by molar-refractivity contribution is 5.32. The molecule has 0 unspecified atom stereocenters. The van der Waals surface area contributed by atoms with Gasteiger partial charge in [-0.15, -0.1) is 0 Å². The summed E-state index contributed by atoms with van der Waals surface area (Å²) in [5, 5.41) is 4.39. The first-order valence-electron chi connectivity index (χ1n) is 5.47. The highest BCUT2D eigenvalue weighted by atomic mass is 15.3. The van der Waals surface area contributed by atoms with E-state index >= 15 is 0 Å². The van der Waals surface area contributed by atoms with E-state index in [9.17, 15) is 0 Å². The maximum Gasteiger partial charge on any atom is 0.0679 e. The van der Waals surface area contributed by atoms with Gasteiger partial charge in [0, 0.05) is 18.1 Å². The monoisotopic (exact) mass is 216 g/mol. The Morgan fingerprint density at radius 3 is 2.75 bits per heavy atom. The van der Waals surface area contributed by atoms with Crippen LogP contribution in [0, 0.1) is 6.92 Å². The molecule has 2 aromatic heterocycles. The van der Waals surface area contributed by atoms with E-state index in [-0.39, 0.29) is 0 Å². The van der Waals surface area contributed by atoms with E-state index in [2.05, 4.69) is 17.0 Å². The largest absolute Gasteiger partial charge is 0.330 e. The van der Waals surface area contributed by atoms with Gasteiger partial charge in [-0.2, -0.15) is 5.10 Å². The summed E-state index contributed by atoms with van der Waals surface area (Å²) >= 11 is 0. The molecule has 0 atom stereocenters. The average Bonchev–Trinajstić information content (AvgIpc) is 2.69. The van der Waals surface area contributed by atoms with Gasteiger partial charge in [0.2, 0.25) is 0 Å². The van der Waals surface area contributed by atoms with Crippen LogP contribution in [0.2, 0.25) is 0 Å². The highest BCUT2D eigenvalue weighted by Gasteiger charge is 2.06. The molecule has 16 heavy (non-hydrogen) atoms. The molecule has 2 N–H and O–H groups in total. The summed E-state index contributed by atoms with van der Waals surface area (Å²) in [5.74, 6) is 0. The summed E-state index contributed by atoms with van der Waals surface area (Å²) in [6.45, 7) is 2.80. The normalized spacial score (nSPS) is 10.6. The van der Waals surface area contributed by atoms with Crippen LogP contribution in [-0.4, -0.2) is 21.3 Å². The summed E-state index contributed by atoms with van der Waals surface area (Å²) < 4.78 is 1.94. The summed E-state index contributed by atoms with van der Waals surface area (Å²) in [6, 6.07) is 3.90. The SMILES string of the molecule is Cc1c(CCCN)cnn1-c1ccncc1. The quantitative estimate of drug-likeness (QED) is 0.842. The Morgan fingerprint density at radius 1 is 1.31 bits per heavy atom. The lowest BCUT2D eigenvalue weighted by Crippen LogP contribution is -2.02. The highest BCUT2D eigenvalue weighted by Crippen LogP contribution is 2.14. The van der Waals surface area contributed by atoms with Gasteiger partial charge in [-0.3, -0.25) is 4.98 Å². The molecule has 0 aliphatic carbocycles. The number of hydrogen-bond donors (Lipinski definition) is 1. The Bertz CT molecular complexity index is 447. The Morgan fingerprint density at radius 2 is 2.06 bits per heavy atom. The van der Waals surface area contributed by atoms with Crippen LogP contribution in [0.3, 0.4) is 0 Å². The predicted octanol–water partition coefficient (Wildman–Crippen LogP) is 1.47. The number of aromatic nitrogens is 3. The maximum absolute atomic E-state index is 5.51. The van der Waals surface area contributed by atoms with Gasteiger partial charge in [0.05, 0.1) is 11.9 Å². The van der Waals surface area contributed by atoms with Crippen LogP contribution in [0.5, 0.6) is 0 Å². The molecule has 4 heteroatoms. The lowest BCUT2D eigenvalue weighted by molar-refractivity contribution is 0.814. The molecule has 2 heterocycles. The van der Waals surface area contributed by atoms with E-state index in [1.807, 2.05) is 23.0 Å². The van der Waals surface area contributed by atoms with Crippen molar-refractivity contribution in [3.8, 4) is 5.69 Å². The molecular formula is C12H16N4. The van der Waals surface area contributed by atoms with E-state index in [4.69, 9.17) is 5.73 Å². The third kappa shape index (κ3) is 2.12. The topological polar surface area (TPSA) is 56.7 Å². The van der Waals surface area contributed by atoms with Crippen molar-refractivity contribution in [3.05, 3.63) is 42.0 Å². The summed E-state index contributed by atoms with van der Waals surface area (Å²) in [7, 11) is 0. The lowest BCUT2D eigenvalue weighted by Gasteiger charge is -2.04. The average molecular weight is 216 g/mol. The van der Waals surface area contributed by atoms with Gasteiger partial charge in [-0.05, 0) is 44.0 Å². The van der Waals surface area contributed by atoms with Gasteiger partial charge < -0.3 is 5.73 Å². The van der Waals surface area contributed by atoms with Gasteiger partial charge in [0.15, 0.2) is 0 Å². The van der Waals surface area contributed by atoms with Gasteiger partial charge in [0.25, 0.3) is 0 Å². The molecule has 0 aromatic carbocycles. The number of pyridine rings is 1. The minimum atomic E-state index is 0.722. The van der Waals surface area contributed by atoms with Gasteiger partial charge in [-0.1, -0.05) is 0 Å². The fraction of sp³-hybridized carbons (Fsp3) is 0.333. The van der Waals surface area contributed by atoms with Crippen LogP contribution in [0.15, 0.2) is 30.7 Å². The first kappa shape index (κ1) is 10.8. The Labute approximate surface area is 95.1 Å². The van der Waals surface area contributed by atoms with Gasteiger partial charge >= 0.3 is 0 Å². The van der Waals surface area contributed by atoms with E-state index in [0.29, 0.717) is 0 Å². The lowest BCUT2D eigenvalue weighted by atomic mass is 10.1. The van der Waals surface area contributed by atoms with E-state index in [1.54, 1.807) is 12.4 Å². The third-order valence-corrected chi connectivity index (χ3v) is 2.67. The minimum absolute atomic E-state index is 0.722. The molecule has 0 saturated heterocycles. The Hall–Kier alpha value is -1.68. The molecule has 4 nitrogen and oxygen atoms in total. The second-order valence-electron chi connectivity index (χ2n) is 3.76. The minimum Gasteiger partial charge on any atom is -0.330 e. The van der Waals surface area contributed by atoms with Crippen molar-refractivity contribution in [2.24, 2.45) is 5.73 Å². The molecule has 0 amide bonds. The molecule has 0 aliphatic heterocycles. The third-order valence-electron chi connectivity index (χ3n) is 2.67. The van der Waals surface area contributed by atoms with Crippen LogP contribution >= 0.6 is 0 Å². The number of nitrogens with zero attached hydrogens (tertiary/aromatic N) is 3. The Kier molecular flexibility index (Phi) is 3.31. The molecular weight excluding hydrogens is 200 g/mol. The van der Waals surface area contributed by atoms with E-state index in [1.165, 1.54) is 11.3 Å². The van der Waals surface area contributed by atoms with Gasteiger partial charge in [0.1, 0.15) is 0 Å². The first-order chi connectivity index (χ1) is 7.83. The molecule has 0 radical (unpaired) electrons. The molecule has 2 rings (SSSR count). The Balaban J connectivity index is 2.27. The molecule has 2 aromatic rings. The van der Waals surface area contributed by atoms with Crippen molar-refractivity contribution < 1.29 is 0 Å². The fourth-order valence-corrected chi connectivity index (χ4v) is 1.73. The zero-order valence-electron chi connectivity index (χ0n) is 9.43. The molecule has 0 spiro atoms. The predicted molar refractivity (Wildman–Crippen MR) is 63.5 cm³/mol. The van der Waals surface area contributed by atoms with Crippen LogP contribution in [-0.2, 0) is 6.42 Å². The molecule has 84 valence electrons. The van der Waals surface area contributed by atoms with Crippen molar-refractivity contribution in [2.75, 3.05) is 6.54 Å². The molecule has 0 bridgehead atoms. The molecule has 0 saturated carbocycles. The standard InChI is InChI=1S/C12H16N4/c1-10-11(3-2-6-13)9-15-16(10)12-4-7-14-8-5-12/h4-5,7-9H,2-3,6,13H2,1H3. The first-order valence-corrected chi connectivity index (χ1v) is 5.47. The second-order valence-corrected chi connectivity index (χ2v) is 3.76. The van der Waals surface area contributed by atoms with Crippen molar-refractivity contribution in [1.29, 1.82) is 0 Å². The van der Waals surface area contributed by atoms with Crippen molar-refractivity contribution >= 4 is 0 Å². The number of hydrogen-bond acceptors (Lipinski definition) is 3. The molecule has 0 aliphatic rings. The van der Waals surface area contributed by atoms with Crippen LogP contribution < -0.4 is 5.73 Å². The number of aryl methyl sites for hydroxylation is 1. The second kappa shape index (κ2) is 4.90. The van der Waals surface area contributed by atoms with Crippen molar-refractivity contribution in [2.45, 2.75) is 19.8 Å². The smallest absolute Gasteiger partial charge is 0.0679 e. The zero-order chi connectivity index (χ0) is 11.4. The van der Waals surface area contributed by atoms with Crippen LogP contribution in [0.1, 0.15) is 17.7 Å². The van der Waals surface area contributed by atoms with Crippen molar-refractivity contribution in [1.82, 2.24) is 14.8 Å². The van der Waals surface area contributed by atoms with E-state index in [0.717, 1.165) is 25.1 Å². The fourth-order valence-electron chi connectivity index (χ4n) is 1.73. The summed E-state index contributed by atoms with van der Waals surface area (Å²) in [6.07, 6.45) is 7.47. The van der Waals surface area contributed by atoms with E-state index < -0.39 is 0 Å². The zero-order valence-corrected chi connectivity index (χ0v) is 9.43. The number of nitrogens with two attached hydrogens (primary N) is 1. The summed E-state index contributed by atoms with van der Waals surface area (Å²) in [4.78, 5) is 4.00.